The van der Waals surface area contributed by atoms with Crippen LogP contribution >= 0.6 is 11.3 Å². The van der Waals surface area contributed by atoms with Crippen molar-refractivity contribution in [2.45, 2.75) is 123 Å². The van der Waals surface area contributed by atoms with Gasteiger partial charge in [-0.2, -0.15) is 4.89 Å². The summed E-state index contributed by atoms with van der Waals surface area (Å²) in [4.78, 5) is 65.8. The maximum Gasteiger partial charge on any atom is 0.330 e. The predicted octanol–water partition coefficient (Wildman–Crippen LogP) is 13.9. The fraction of sp³-hybridized carbons (Fsp3) is 0.435. The molecule has 0 N–H and O–H groups in total. The fourth-order valence-electron chi connectivity index (χ4n) is 9.74. The lowest BCUT2D eigenvalue weighted by Gasteiger charge is -2.28. The number of aryl methyl sites for hydroxylation is 2. The third-order valence-electron chi connectivity index (χ3n) is 14.1. The Labute approximate surface area is 460 Å². The lowest BCUT2D eigenvalue weighted by Crippen LogP contribution is -2.30. The Hall–Kier alpha value is -7.17. The minimum Gasteiger partial charge on any atom is -0.494 e. The molecule has 0 atom stereocenters. The van der Waals surface area contributed by atoms with Crippen LogP contribution in [0.3, 0.4) is 0 Å². The first kappa shape index (κ1) is 57.0. The van der Waals surface area contributed by atoms with Gasteiger partial charge in [-0.15, -0.1) is 11.3 Å². The van der Waals surface area contributed by atoms with E-state index in [0.29, 0.717) is 121 Å². The summed E-state index contributed by atoms with van der Waals surface area (Å²) in [6.07, 6.45) is 14.8. The van der Waals surface area contributed by atoms with Crippen molar-refractivity contribution in [3.63, 3.8) is 0 Å². The first-order chi connectivity index (χ1) is 38.0. The number of thiazole rings is 1. The van der Waals surface area contributed by atoms with Gasteiger partial charge in [0.2, 0.25) is 0 Å². The number of fused-ring (bicyclic) bond motifs is 2. The Morgan fingerprint density at radius 2 is 1.15 bits per heavy atom. The van der Waals surface area contributed by atoms with Crippen molar-refractivity contribution in [3.05, 3.63) is 115 Å². The number of aromatic nitrogens is 1. The van der Waals surface area contributed by atoms with Crippen LogP contribution in [0.25, 0.3) is 32.0 Å². The number of hydrogen-bond acceptors (Lipinski definition) is 16. The number of rotatable bonds is 29. The van der Waals surface area contributed by atoms with Gasteiger partial charge in [0.1, 0.15) is 38.8 Å². The number of ether oxygens (including phenoxy) is 7. The Bertz CT molecular complexity index is 2950. The van der Waals surface area contributed by atoms with Gasteiger partial charge in [0.05, 0.1) is 51.0 Å². The fourth-order valence-corrected chi connectivity index (χ4v) is 10.7. The van der Waals surface area contributed by atoms with E-state index in [2.05, 4.69) is 26.1 Å². The van der Waals surface area contributed by atoms with E-state index in [-0.39, 0.29) is 35.8 Å². The molecule has 2 saturated carbocycles. The van der Waals surface area contributed by atoms with E-state index in [0.717, 1.165) is 92.1 Å². The number of nitrogens with zero attached hydrogens (tertiary/aromatic N) is 1. The van der Waals surface area contributed by atoms with Gasteiger partial charge in [-0.1, -0.05) is 19.2 Å². The summed E-state index contributed by atoms with van der Waals surface area (Å²) >= 11 is 1.40. The molecular formula is C62H71NO14S. The zero-order valence-corrected chi connectivity index (χ0v) is 45.6. The summed E-state index contributed by atoms with van der Waals surface area (Å²) in [6, 6.07) is 24.2. The van der Waals surface area contributed by atoms with E-state index in [1.807, 2.05) is 49.4 Å². The molecule has 2 aliphatic carbocycles. The van der Waals surface area contributed by atoms with E-state index in [4.69, 9.17) is 52.3 Å². The summed E-state index contributed by atoms with van der Waals surface area (Å²) in [5.74, 6) is 2.47. The van der Waals surface area contributed by atoms with E-state index in [1.54, 1.807) is 30.3 Å². The molecule has 16 heteroatoms. The van der Waals surface area contributed by atoms with Crippen molar-refractivity contribution >= 4 is 56.4 Å². The molecule has 0 unspecified atom stereocenters. The lowest BCUT2D eigenvalue weighted by molar-refractivity contribution is -0.218. The largest absolute Gasteiger partial charge is 0.494 e. The number of esters is 4. The highest BCUT2D eigenvalue weighted by molar-refractivity contribution is 7.22. The number of furan rings is 1. The minimum atomic E-state index is -0.400. The SMILES string of the molecule is C=CC(=O)OCCCCCCOc1ccc(OOCC2CCC(C(=O)Oc3ccc(OC4CCC(C(=O)Oc5ccc(OCCCCCCOC(=O)C=C)cc5)CC4)c4nc(-c5cc6c(C)cc(C)cc6o5)sc34)CC2)cc1. The predicted molar refractivity (Wildman–Crippen MR) is 297 cm³/mol. The van der Waals surface area contributed by atoms with Crippen LogP contribution in [-0.4, -0.2) is 68.0 Å². The number of unbranched alkanes of at least 4 members (excludes halogenated alkanes) is 6. The normalized spacial score (nSPS) is 17.2. The number of benzene rings is 4. The molecule has 78 heavy (non-hydrogen) atoms. The standard InChI is InChI=1S/C62H71NO14S/c1-5-56(64)70-35-13-9-7-11-33-68-46-23-27-49(28-24-46)74-61(66)45-19-21-48(22-20-45)73-52-31-32-53(59-58(52)63-60(78-59)55-39-51-42(4)37-41(3)38-54(51)75-55)76-62(67)44-17-15-43(16-18-44)40-72-77-50-29-25-47(26-30-50)69-34-12-8-10-14-36-71-57(65)6-2/h5-6,23-32,37-39,43-45,48H,1-2,7-22,33-36,40H2,3-4H3. The van der Waals surface area contributed by atoms with Crippen molar-refractivity contribution in [2.75, 3.05) is 33.0 Å². The molecule has 8 rings (SSSR count). The van der Waals surface area contributed by atoms with Crippen LogP contribution in [0.15, 0.2) is 109 Å². The summed E-state index contributed by atoms with van der Waals surface area (Å²) in [7, 11) is 0. The Morgan fingerprint density at radius 3 is 1.76 bits per heavy atom. The van der Waals surface area contributed by atoms with Crippen molar-refractivity contribution < 1.29 is 66.5 Å². The molecular weight excluding hydrogens is 1010 g/mol. The van der Waals surface area contributed by atoms with Crippen LogP contribution < -0.4 is 28.6 Å². The molecule has 15 nitrogen and oxygen atoms in total. The molecule has 2 aromatic heterocycles. The first-order valence-corrected chi connectivity index (χ1v) is 28.2. The molecule has 414 valence electrons. The van der Waals surface area contributed by atoms with Crippen molar-refractivity contribution in [2.24, 2.45) is 17.8 Å². The smallest absolute Gasteiger partial charge is 0.330 e. The average molecular weight is 1090 g/mol. The Kier molecular flexibility index (Phi) is 21.2. The van der Waals surface area contributed by atoms with Gasteiger partial charge in [0.25, 0.3) is 0 Å². The van der Waals surface area contributed by atoms with E-state index in [1.165, 1.54) is 23.5 Å². The van der Waals surface area contributed by atoms with Gasteiger partial charge in [-0.3, -0.25) is 9.59 Å². The number of carbonyl (C=O) groups excluding carboxylic acids is 4. The highest BCUT2D eigenvalue weighted by Crippen LogP contribution is 2.44. The molecule has 0 radical (unpaired) electrons. The topological polar surface area (TPSA) is 177 Å². The zero-order chi connectivity index (χ0) is 54.6. The monoisotopic (exact) mass is 1090 g/mol. The van der Waals surface area contributed by atoms with Crippen LogP contribution in [-0.2, 0) is 33.5 Å². The molecule has 2 fully saturated rings. The van der Waals surface area contributed by atoms with Gasteiger partial charge in [0.15, 0.2) is 22.3 Å². The third kappa shape index (κ3) is 16.7. The van der Waals surface area contributed by atoms with Gasteiger partial charge >= 0.3 is 23.9 Å². The second-order valence-corrected chi connectivity index (χ2v) is 21.1. The second kappa shape index (κ2) is 29.0. The highest BCUT2D eigenvalue weighted by Gasteiger charge is 2.32. The molecule has 0 aliphatic heterocycles. The van der Waals surface area contributed by atoms with Crippen LogP contribution in [0.4, 0.5) is 0 Å². The molecule has 0 bridgehead atoms. The van der Waals surface area contributed by atoms with Crippen molar-refractivity contribution in [1.82, 2.24) is 4.98 Å². The summed E-state index contributed by atoms with van der Waals surface area (Å²) < 4.78 is 47.5. The van der Waals surface area contributed by atoms with Gasteiger partial charge in [0, 0.05) is 17.5 Å². The Morgan fingerprint density at radius 1 is 0.615 bits per heavy atom. The second-order valence-electron chi connectivity index (χ2n) is 20.1. The van der Waals surface area contributed by atoms with E-state index in [9.17, 15) is 19.2 Å². The Balaban J connectivity index is 0.799. The number of hydrogen-bond donors (Lipinski definition) is 0. The quantitative estimate of drug-likeness (QED) is 0.0108. The van der Waals surface area contributed by atoms with Gasteiger partial charge < -0.3 is 42.5 Å². The first-order valence-electron chi connectivity index (χ1n) is 27.4. The van der Waals surface area contributed by atoms with Crippen LogP contribution in [0, 0.1) is 31.6 Å². The maximum atomic E-state index is 13.9. The van der Waals surface area contributed by atoms with E-state index < -0.39 is 11.9 Å². The molecule has 2 aliphatic rings. The van der Waals surface area contributed by atoms with Gasteiger partial charge in [-0.05, 0) is 206 Å². The zero-order valence-electron chi connectivity index (χ0n) is 44.8. The summed E-state index contributed by atoms with van der Waals surface area (Å²) in [5, 5.41) is 1.66. The van der Waals surface area contributed by atoms with Crippen molar-refractivity contribution in [1.29, 1.82) is 0 Å². The summed E-state index contributed by atoms with van der Waals surface area (Å²) in [5.41, 5.74) is 3.58. The highest BCUT2D eigenvalue weighted by atomic mass is 32.1. The molecule has 4 aromatic carbocycles. The van der Waals surface area contributed by atoms with Crippen molar-refractivity contribution in [3.8, 4) is 45.3 Å². The van der Waals surface area contributed by atoms with Crippen LogP contribution in [0.2, 0.25) is 0 Å². The lowest BCUT2D eigenvalue weighted by atomic mass is 9.82. The van der Waals surface area contributed by atoms with Crippen LogP contribution in [0.1, 0.15) is 114 Å². The molecule has 2 heterocycles. The maximum absolute atomic E-state index is 13.9. The third-order valence-corrected chi connectivity index (χ3v) is 15.2. The summed E-state index contributed by atoms with van der Waals surface area (Å²) in [6.45, 7) is 13.2. The molecule has 6 aromatic rings. The van der Waals surface area contributed by atoms with Gasteiger partial charge in [-0.25, -0.2) is 14.6 Å². The molecule has 0 saturated heterocycles. The molecule has 0 amide bonds. The molecule has 0 spiro atoms. The minimum absolute atomic E-state index is 0.162. The number of carbonyl (C=O) groups is 4. The average Bonchev–Trinajstić information content (AvgIpc) is 4.22. The van der Waals surface area contributed by atoms with Crippen LogP contribution in [0.5, 0.6) is 34.5 Å². The van der Waals surface area contributed by atoms with E-state index >= 15 is 0 Å².